The second-order valence-electron chi connectivity index (χ2n) is 6.68. The van der Waals surface area contributed by atoms with Crippen molar-refractivity contribution in [2.75, 3.05) is 0 Å². The topological polar surface area (TPSA) is 67.2 Å². The molecule has 136 valence electrons. The average Bonchev–Trinajstić information content (AvgIpc) is 3.46. The third-order valence-corrected chi connectivity index (χ3v) is 4.86. The predicted octanol–water partition coefficient (Wildman–Crippen LogP) is 3.74. The van der Waals surface area contributed by atoms with Gasteiger partial charge in [-0.2, -0.15) is 5.10 Å². The molecule has 0 radical (unpaired) electrons. The van der Waals surface area contributed by atoms with Crippen molar-refractivity contribution in [2.24, 2.45) is 5.92 Å². The average molecular weight is 380 g/mol. The zero-order valence-corrected chi connectivity index (χ0v) is 15.3. The molecule has 27 heavy (non-hydrogen) atoms. The van der Waals surface area contributed by atoms with Crippen molar-refractivity contribution in [1.82, 2.24) is 15.3 Å². The van der Waals surface area contributed by atoms with Crippen molar-refractivity contribution in [2.45, 2.75) is 25.3 Å². The Bertz CT molecular complexity index is 1050. The van der Waals surface area contributed by atoms with Gasteiger partial charge in [-0.1, -0.05) is 47.9 Å². The summed E-state index contributed by atoms with van der Waals surface area (Å²) in [7, 11) is 0. The highest BCUT2D eigenvalue weighted by Crippen LogP contribution is 2.29. The molecule has 1 aliphatic rings. The minimum atomic E-state index is -0.711. The Kier molecular flexibility index (Phi) is 4.85. The van der Waals surface area contributed by atoms with E-state index in [0.717, 1.165) is 29.3 Å². The first-order chi connectivity index (χ1) is 13.2. The number of fused-ring (bicyclic) bond motifs is 1. The van der Waals surface area contributed by atoms with Crippen molar-refractivity contribution in [3.8, 4) is 11.8 Å². The highest BCUT2D eigenvalue weighted by atomic mass is 35.5. The smallest absolute Gasteiger partial charge is 0.268 e. The SMILES string of the molecule is O=C(NO)C(Cc1ccccc1)n1nc(C#CC2CC2)c2cc(Cl)ccc21. The number of halogens is 1. The summed E-state index contributed by atoms with van der Waals surface area (Å²) < 4.78 is 1.63. The Hall–Kier alpha value is -2.81. The van der Waals surface area contributed by atoms with E-state index in [1.807, 2.05) is 42.5 Å². The van der Waals surface area contributed by atoms with E-state index < -0.39 is 11.9 Å². The van der Waals surface area contributed by atoms with Crippen LogP contribution in [0.5, 0.6) is 0 Å². The monoisotopic (exact) mass is 379 g/mol. The summed E-state index contributed by atoms with van der Waals surface area (Å²) in [5.74, 6) is 6.26. The molecule has 2 N–H and O–H groups in total. The summed E-state index contributed by atoms with van der Waals surface area (Å²) in [5, 5.41) is 15.3. The van der Waals surface area contributed by atoms with Crippen LogP contribution in [0.4, 0.5) is 0 Å². The van der Waals surface area contributed by atoms with Gasteiger partial charge in [0.1, 0.15) is 11.7 Å². The highest BCUT2D eigenvalue weighted by molar-refractivity contribution is 6.31. The lowest BCUT2D eigenvalue weighted by atomic mass is 10.1. The molecule has 0 saturated heterocycles. The Labute approximate surface area is 161 Å². The van der Waals surface area contributed by atoms with Crippen LogP contribution >= 0.6 is 11.6 Å². The van der Waals surface area contributed by atoms with E-state index in [4.69, 9.17) is 11.6 Å². The lowest BCUT2D eigenvalue weighted by Gasteiger charge is -2.16. The molecule has 3 aromatic rings. The van der Waals surface area contributed by atoms with E-state index in [0.29, 0.717) is 23.1 Å². The number of nitrogens with zero attached hydrogens (tertiary/aromatic N) is 2. The molecular weight excluding hydrogens is 362 g/mol. The fraction of sp³-hybridized carbons (Fsp3) is 0.238. The van der Waals surface area contributed by atoms with Crippen LogP contribution in [-0.4, -0.2) is 20.9 Å². The van der Waals surface area contributed by atoms with E-state index in [9.17, 15) is 10.0 Å². The molecule has 0 bridgehead atoms. The first kappa shape index (κ1) is 17.6. The number of carbonyl (C=O) groups is 1. The van der Waals surface area contributed by atoms with Crippen LogP contribution in [-0.2, 0) is 11.2 Å². The van der Waals surface area contributed by atoms with Crippen molar-refractivity contribution in [3.05, 3.63) is 64.8 Å². The van der Waals surface area contributed by atoms with Gasteiger partial charge in [-0.15, -0.1) is 0 Å². The standard InChI is InChI=1S/C21H18ClN3O2/c22-16-9-11-19-17(13-16)18(10-8-14-6-7-14)23-25(19)20(21(26)24-27)12-15-4-2-1-3-5-15/h1-5,9,11,13-14,20,27H,6-7,12H2,(H,24,26). The molecule has 0 spiro atoms. The summed E-state index contributed by atoms with van der Waals surface area (Å²) in [6, 6.07) is 14.3. The van der Waals surface area contributed by atoms with Crippen LogP contribution in [0.15, 0.2) is 48.5 Å². The number of hydrogen-bond donors (Lipinski definition) is 2. The summed E-state index contributed by atoms with van der Waals surface area (Å²) in [4.78, 5) is 12.4. The molecule has 1 saturated carbocycles. The summed E-state index contributed by atoms with van der Waals surface area (Å²) in [6.45, 7) is 0. The van der Waals surface area contributed by atoms with Gasteiger partial charge in [-0.3, -0.25) is 14.7 Å². The van der Waals surface area contributed by atoms with Gasteiger partial charge in [0.15, 0.2) is 0 Å². The summed E-state index contributed by atoms with van der Waals surface area (Å²) >= 11 is 6.17. The predicted molar refractivity (Wildman–Crippen MR) is 103 cm³/mol. The van der Waals surface area contributed by atoms with Gasteiger partial charge < -0.3 is 0 Å². The number of amides is 1. The first-order valence-electron chi connectivity index (χ1n) is 8.83. The number of aromatic nitrogens is 2. The van der Waals surface area contributed by atoms with Crippen LogP contribution in [0.25, 0.3) is 10.9 Å². The number of hydroxylamine groups is 1. The van der Waals surface area contributed by atoms with Gasteiger partial charge in [0.05, 0.1) is 5.52 Å². The van der Waals surface area contributed by atoms with Gasteiger partial charge in [0.2, 0.25) is 0 Å². The minimum absolute atomic E-state index is 0.391. The molecule has 1 aromatic heterocycles. The molecule has 4 rings (SSSR count). The molecule has 1 atom stereocenters. The van der Waals surface area contributed by atoms with Gasteiger partial charge in [-0.25, -0.2) is 5.48 Å². The third kappa shape index (κ3) is 3.82. The normalized spacial score (nSPS) is 14.4. The lowest BCUT2D eigenvalue weighted by molar-refractivity contribution is -0.132. The van der Waals surface area contributed by atoms with E-state index in [2.05, 4.69) is 16.9 Å². The molecule has 1 amide bonds. The van der Waals surface area contributed by atoms with Crippen molar-refractivity contribution >= 4 is 28.4 Å². The van der Waals surface area contributed by atoms with E-state index in [1.54, 1.807) is 16.2 Å². The quantitative estimate of drug-likeness (QED) is 0.412. The lowest BCUT2D eigenvalue weighted by Crippen LogP contribution is -2.32. The molecule has 5 nitrogen and oxygen atoms in total. The van der Waals surface area contributed by atoms with Gasteiger partial charge in [0.25, 0.3) is 5.91 Å². The van der Waals surface area contributed by atoms with Gasteiger partial charge in [0, 0.05) is 22.7 Å². The molecular formula is C21H18ClN3O2. The maximum atomic E-state index is 12.4. The number of carbonyl (C=O) groups excluding carboxylic acids is 1. The van der Waals surface area contributed by atoms with Crippen LogP contribution in [0, 0.1) is 17.8 Å². The second-order valence-corrected chi connectivity index (χ2v) is 7.12. The molecule has 2 aromatic carbocycles. The number of hydrogen-bond acceptors (Lipinski definition) is 3. The maximum absolute atomic E-state index is 12.4. The fourth-order valence-electron chi connectivity index (χ4n) is 3.04. The first-order valence-corrected chi connectivity index (χ1v) is 9.20. The second kappa shape index (κ2) is 7.43. The van der Waals surface area contributed by atoms with Crippen LogP contribution in [0.2, 0.25) is 5.02 Å². The largest absolute Gasteiger partial charge is 0.289 e. The van der Waals surface area contributed by atoms with Crippen LogP contribution in [0.1, 0.15) is 30.1 Å². The van der Waals surface area contributed by atoms with E-state index in [1.165, 1.54) is 0 Å². The van der Waals surface area contributed by atoms with Crippen molar-refractivity contribution in [1.29, 1.82) is 0 Å². The minimum Gasteiger partial charge on any atom is -0.289 e. The molecule has 1 unspecified atom stereocenters. The van der Waals surface area contributed by atoms with Crippen molar-refractivity contribution < 1.29 is 10.0 Å². The van der Waals surface area contributed by atoms with Crippen LogP contribution in [0.3, 0.4) is 0 Å². The maximum Gasteiger partial charge on any atom is 0.268 e. The van der Waals surface area contributed by atoms with Crippen LogP contribution < -0.4 is 5.48 Å². The summed E-state index contributed by atoms with van der Waals surface area (Å²) in [5.41, 5.74) is 4.09. The Balaban J connectivity index is 1.81. The molecule has 1 heterocycles. The molecule has 1 fully saturated rings. The highest BCUT2D eigenvalue weighted by Gasteiger charge is 2.25. The fourth-order valence-corrected chi connectivity index (χ4v) is 3.22. The number of rotatable bonds is 4. The Morgan fingerprint density at radius 1 is 1.30 bits per heavy atom. The number of nitrogens with one attached hydrogen (secondary N) is 1. The molecule has 1 aliphatic carbocycles. The Morgan fingerprint density at radius 2 is 2.07 bits per heavy atom. The number of benzene rings is 2. The zero-order valence-electron chi connectivity index (χ0n) is 14.5. The summed E-state index contributed by atoms with van der Waals surface area (Å²) in [6.07, 6.45) is 2.63. The van der Waals surface area contributed by atoms with Gasteiger partial charge in [-0.05, 0) is 42.5 Å². The Morgan fingerprint density at radius 3 is 2.78 bits per heavy atom. The third-order valence-electron chi connectivity index (χ3n) is 4.62. The molecule has 6 heteroatoms. The van der Waals surface area contributed by atoms with E-state index >= 15 is 0 Å². The van der Waals surface area contributed by atoms with Gasteiger partial charge >= 0.3 is 0 Å². The molecule has 0 aliphatic heterocycles. The van der Waals surface area contributed by atoms with E-state index in [-0.39, 0.29) is 0 Å². The zero-order chi connectivity index (χ0) is 18.8. The van der Waals surface area contributed by atoms with Crippen molar-refractivity contribution in [3.63, 3.8) is 0 Å².